The molecule has 0 aromatic heterocycles. The Morgan fingerprint density at radius 1 is 1.12 bits per heavy atom. The molecule has 1 saturated heterocycles. The first-order valence-corrected chi connectivity index (χ1v) is 8.14. The number of hydrogen-bond acceptors (Lipinski definition) is 1. The number of alkyl halides is 1. The minimum atomic E-state index is 0.802. The topological polar surface area (TPSA) is 3.24 Å². The molecule has 0 radical (unpaired) electrons. The molecule has 0 spiro atoms. The number of likely N-dealkylation sites (tertiary alicyclic amines) is 1. The first-order chi connectivity index (χ1) is 8.31. The Kier molecular flexibility index (Phi) is 5.62. The molecule has 100 valence electrons. The van der Waals surface area contributed by atoms with Gasteiger partial charge in [0.2, 0.25) is 0 Å². The van der Waals surface area contributed by atoms with Crippen molar-refractivity contribution in [3.63, 3.8) is 0 Å². The summed E-state index contributed by atoms with van der Waals surface area (Å²) in [5.41, 5.74) is 0. The van der Waals surface area contributed by atoms with E-state index >= 15 is 0 Å². The highest BCUT2D eigenvalue weighted by Crippen LogP contribution is 2.35. The Bertz CT molecular complexity index is 217. The molecule has 0 aromatic rings. The van der Waals surface area contributed by atoms with Gasteiger partial charge in [-0.1, -0.05) is 19.8 Å². The molecule has 1 unspecified atom stereocenters. The highest BCUT2D eigenvalue weighted by molar-refractivity contribution is 6.17. The summed E-state index contributed by atoms with van der Waals surface area (Å²) in [7, 11) is 0. The summed E-state index contributed by atoms with van der Waals surface area (Å²) in [6.45, 7) is 5.03. The second kappa shape index (κ2) is 6.99. The van der Waals surface area contributed by atoms with E-state index in [1.807, 2.05) is 0 Å². The van der Waals surface area contributed by atoms with Crippen LogP contribution >= 0.6 is 11.6 Å². The monoisotopic (exact) mass is 257 g/mol. The fraction of sp³-hybridized carbons (Fsp3) is 1.00. The molecule has 1 heterocycles. The number of piperidine rings is 1. The van der Waals surface area contributed by atoms with Gasteiger partial charge in [0, 0.05) is 11.9 Å². The molecule has 2 fully saturated rings. The first kappa shape index (κ1) is 13.7. The molecular formula is C15H28ClN. The fourth-order valence-corrected chi connectivity index (χ4v) is 4.09. The molecule has 1 nitrogen and oxygen atoms in total. The molecule has 2 aliphatic rings. The molecule has 1 aliphatic carbocycles. The van der Waals surface area contributed by atoms with E-state index in [4.69, 9.17) is 11.6 Å². The van der Waals surface area contributed by atoms with Crippen LogP contribution in [0.2, 0.25) is 0 Å². The third-order valence-corrected chi connectivity index (χ3v) is 5.09. The number of rotatable bonds is 5. The van der Waals surface area contributed by atoms with Crippen LogP contribution in [-0.4, -0.2) is 29.9 Å². The van der Waals surface area contributed by atoms with Gasteiger partial charge in [-0.15, -0.1) is 11.6 Å². The van der Waals surface area contributed by atoms with Crippen molar-refractivity contribution in [1.29, 1.82) is 0 Å². The summed E-state index contributed by atoms with van der Waals surface area (Å²) in [5, 5.41) is 0. The summed E-state index contributed by atoms with van der Waals surface area (Å²) >= 11 is 5.82. The zero-order chi connectivity index (χ0) is 12.1. The van der Waals surface area contributed by atoms with Gasteiger partial charge >= 0.3 is 0 Å². The zero-order valence-electron chi connectivity index (χ0n) is 11.3. The van der Waals surface area contributed by atoms with Gasteiger partial charge in [-0.25, -0.2) is 0 Å². The molecule has 3 atom stereocenters. The van der Waals surface area contributed by atoms with E-state index in [-0.39, 0.29) is 0 Å². The molecule has 0 amide bonds. The van der Waals surface area contributed by atoms with Gasteiger partial charge in [0.25, 0.3) is 0 Å². The lowest BCUT2D eigenvalue weighted by Gasteiger charge is -2.44. The van der Waals surface area contributed by atoms with E-state index in [0.29, 0.717) is 0 Å². The first-order valence-electron chi connectivity index (χ1n) is 7.61. The Balaban J connectivity index is 1.78. The van der Waals surface area contributed by atoms with Crippen LogP contribution < -0.4 is 0 Å². The van der Waals surface area contributed by atoms with Crippen LogP contribution in [0.25, 0.3) is 0 Å². The molecule has 17 heavy (non-hydrogen) atoms. The minimum absolute atomic E-state index is 0.802. The fourth-order valence-electron chi connectivity index (χ4n) is 3.72. The zero-order valence-corrected chi connectivity index (χ0v) is 12.1. The predicted molar refractivity (Wildman–Crippen MR) is 75.7 cm³/mol. The third-order valence-electron chi connectivity index (χ3n) is 4.87. The quantitative estimate of drug-likeness (QED) is 0.664. The summed E-state index contributed by atoms with van der Waals surface area (Å²) in [4.78, 5) is 2.80. The van der Waals surface area contributed by atoms with E-state index in [1.165, 1.54) is 64.5 Å². The number of halogens is 1. The lowest BCUT2D eigenvalue weighted by molar-refractivity contribution is 0.0568. The van der Waals surface area contributed by atoms with Crippen LogP contribution in [-0.2, 0) is 0 Å². The number of fused-ring (bicyclic) bond motifs is 1. The maximum Gasteiger partial charge on any atom is 0.0225 e. The van der Waals surface area contributed by atoms with Gasteiger partial charge in [0.1, 0.15) is 0 Å². The summed E-state index contributed by atoms with van der Waals surface area (Å²) in [6.07, 6.45) is 11.4. The second-order valence-corrected chi connectivity index (χ2v) is 6.54. The predicted octanol–water partition coefficient (Wildman–Crippen LogP) is 4.30. The molecule has 2 rings (SSSR count). The number of nitrogens with zero attached hydrogens (tertiary/aromatic N) is 1. The van der Waals surface area contributed by atoms with Crippen LogP contribution in [0.15, 0.2) is 0 Å². The molecule has 0 bridgehead atoms. The van der Waals surface area contributed by atoms with Crippen molar-refractivity contribution < 1.29 is 0 Å². The van der Waals surface area contributed by atoms with Crippen molar-refractivity contribution in [2.45, 2.75) is 64.3 Å². The largest absolute Gasteiger partial charge is 0.300 e. The highest BCUT2D eigenvalue weighted by atomic mass is 35.5. The van der Waals surface area contributed by atoms with Crippen molar-refractivity contribution in [3.8, 4) is 0 Å². The van der Waals surface area contributed by atoms with Gasteiger partial charge in [-0.05, 0) is 63.5 Å². The van der Waals surface area contributed by atoms with Crippen LogP contribution in [0.5, 0.6) is 0 Å². The summed E-state index contributed by atoms with van der Waals surface area (Å²) < 4.78 is 0. The molecule has 0 N–H and O–H groups in total. The van der Waals surface area contributed by atoms with E-state index < -0.39 is 0 Å². The maximum absolute atomic E-state index is 5.82. The third kappa shape index (κ3) is 3.86. The van der Waals surface area contributed by atoms with E-state index in [1.54, 1.807) is 0 Å². The van der Waals surface area contributed by atoms with Crippen molar-refractivity contribution >= 4 is 11.6 Å². The number of hydrogen-bond donors (Lipinski definition) is 0. The summed E-state index contributed by atoms with van der Waals surface area (Å²) in [5.74, 6) is 2.66. The molecule has 1 saturated carbocycles. The van der Waals surface area contributed by atoms with Crippen LogP contribution in [0.1, 0.15) is 58.3 Å². The Morgan fingerprint density at radius 3 is 2.71 bits per heavy atom. The lowest BCUT2D eigenvalue weighted by atomic mass is 9.78. The Morgan fingerprint density at radius 2 is 1.88 bits per heavy atom. The lowest BCUT2D eigenvalue weighted by Crippen LogP contribution is -2.47. The minimum Gasteiger partial charge on any atom is -0.300 e. The van der Waals surface area contributed by atoms with Gasteiger partial charge in [-0.3, -0.25) is 0 Å². The van der Waals surface area contributed by atoms with Crippen molar-refractivity contribution in [2.75, 3.05) is 19.0 Å². The second-order valence-electron chi connectivity index (χ2n) is 6.16. The van der Waals surface area contributed by atoms with Gasteiger partial charge < -0.3 is 4.90 Å². The van der Waals surface area contributed by atoms with E-state index in [9.17, 15) is 0 Å². The average molecular weight is 258 g/mol. The van der Waals surface area contributed by atoms with Crippen LogP contribution in [0.4, 0.5) is 0 Å². The van der Waals surface area contributed by atoms with E-state index in [0.717, 1.165) is 23.8 Å². The van der Waals surface area contributed by atoms with Crippen molar-refractivity contribution in [3.05, 3.63) is 0 Å². The van der Waals surface area contributed by atoms with Crippen molar-refractivity contribution in [2.24, 2.45) is 11.8 Å². The Hall–Kier alpha value is 0.250. The smallest absolute Gasteiger partial charge is 0.0225 e. The average Bonchev–Trinajstić information content (AvgIpc) is 2.36. The standard InChI is InChI=1S/C15H28ClN/c1-13(8-10-16)9-12-17-11-4-6-14-5-2-3-7-15(14)17/h13-15H,2-12H2,1H3/t13?,14-,15-/m1/s1. The Labute approximate surface area is 112 Å². The molecule has 1 aliphatic heterocycles. The normalized spacial score (nSPS) is 32.1. The van der Waals surface area contributed by atoms with Crippen LogP contribution in [0.3, 0.4) is 0 Å². The van der Waals surface area contributed by atoms with Gasteiger partial charge in [0.05, 0.1) is 0 Å². The molecule has 2 heteroatoms. The molecular weight excluding hydrogens is 230 g/mol. The van der Waals surface area contributed by atoms with Crippen LogP contribution in [0, 0.1) is 11.8 Å². The maximum atomic E-state index is 5.82. The highest BCUT2D eigenvalue weighted by Gasteiger charge is 2.32. The van der Waals surface area contributed by atoms with E-state index in [2.05, 4.69) is 11.8 Å². The molecule has 0 aromatic carbocycles. The summed E-state index contributed by atoms with van der Waals surface area (Å²) in [6, 6.07) is 0.931. The SMILES string of the molecule is CC(CCCl)CCN1CCC[C@H]2CCCC[C@H]21. The van der Waals surface area contributed by atoms with Gasteiger partial charge in [-0.2, -0.15) is 0 Å². The van der Waals surface area contributed by atoms with Gasteiger partial charge in [0.15, 0.2) is 0 Å². The van der Waals surface area contributed by atoms with Crippen molar-refractivity contribution in [1.82, 2.24) is 4.90 Å².